The molecule has 41 heavy (non-hydrogen) atoms. The Morgan fingerprint density at radius 1 is 0.732 bits per heavy atom. The van der Waals surface area contributed by atoms with Crippen molar-refractivity contribution in [1.29, 1.82) is 0 Å². The maximum Gasteiger partial charge on any atom is 0.410 e. The third kappa shape index (κ3) is 4.15. The van der Waals surface area contributed by atoms with Crippen LogP contribution < -0.4 is 0 Å². The molecule has 0 spiro atoms. The fraction of sp³-hybridized carbons (Fsp3) is 0.152. The molecular formula is C33H24N2O6. The Labute approximate surface area is 235 Å². The predicted octanol–water partition coefficient (Wildman–Crippen LogP) is 5.36. The summed E-state index contributed by atoms with van der Waals surface area (Å²) in [5, 5.41) is 0.505. The average Bonchev–Trinajstić information content (AvgIpc) is 3.46. The highest BCUT2D eigenvalue weighted by molar-refractivity contribution is 6.21. The van der Waals surface area contributed by atoms with Gasteiger partial charge in [-0.25, -0.2) is 9.59 Å². The third-order valence-corrected chi connectivity index (χ3v) is 7.98. The van der Waals surface area contributed by atoms with Gasteiger partial charge >= 0.3 is 12.1 Å². The molecule has 2 aliphatic heterocycles. The summed E-state index contributed by atoms with van der Waals surface area (Å²) in [4.78, 5) is 57.8. The topological polar surface area (TPSA) is 93.2 Å². The van der Waals surface area contributed by atoms with E-state index in [0.717, 1.165) is 22.3 Å². The summed E-state index contributed by atoms with van der Waals surface area (Å²) in [6, 6.07) is 27.8. The lowest BCUT2D eigenvalue weighted by Crippen LogP contribution is -2.37. The number of rotatable bonds is 4. The van der Waals surface area contributed by atoms with Crippen molar-refractivity contribution in [2.45, 2.75) is 18.9 Å². The standard InChI is InChI=1S/C33H24N2O6/c36-30-27-11-5-6-12-28(27)31(37)35(30)41-32(38)21-13-14-22-18-34(16-15-20(22)17-21)33(39)40-19-29-25-9-3-1-7-23(25)24-8-2-4-10-26(24)29/h1-14,17,29H,15-16,18-19H2. The van der Waals surface area contributed by atoms with Crippen molar-refractivity contribution in [3.8, 4) is 11.1 Å². The summed E-state index contributed by atoms with van der Waals surface area (Å²) >= 11 is 0. The number of fused-ring (bicyclic) bond motifs is 5. The van der Waals surface area contributed by atoms with Gasteiger partial charge in [-0.15, -0.1) is 0 Å². The SMILES string of the molecule is O=C(ON1C(=O)c2ccccc2C1=O)c1ccc2c(c1)CCN(C(=O)OCC1c3ccccc3-c3ccccc31)C2. The van der Waals surface area contributed by atoms with Gasteiger partial charge in [0.15, 0.2) is 0 Å². The van der Waals surface area contributed by atoms with E-state index in [-0.39, 0.29) is 35.3 Å². The second kappa shape index (κ2) is 9.75. The van der Waals surface area contributed by atoms with Crippen LogP contribution in [0.25, 0.3) is 11.1 Å². The number of amides is 3. The van der Waals surface area contributed by atoms with E-state index < -0.39 is 17.8 Å². The minimum atomic E-state index is -0.804. The average molecular weight is 545 g/mol. The van der Waals surface area contributed by atoms with E-state index in [4.69, 9.17) is 9.57 Å². The van der Waals surface area contributed by atoms with Crippen molar-refractivity contribution in [3.63, 3.8) is 0 Å². The molecule has 0 saturated carbocycles. The van der Waals surface area contributed by atoms with E-state index >= 15 is 0 Å². The van der Waals surface area contributed by atoms with Crippen LogP contribution in [0.3, 0.4) is 0 Å². The van der Waals surface area contributed by atoms with Crippen LogP contribution in [0.5, 0.6) is 0 Å². The molecule has 0 bridgehead atoms. The number of ether oxygens (including phenoxy) is 1. The molecule has 3 aliphatic rings. The second-order valence-corrected chi connectivity index (χ2v) is 10.3. The quantitative estimate of drug-likeness (QED) is 0.321. The first-order chi connectivity index (χ1) is 20.0. The lowest BCUT2D eigenvalue weighted by Gasteiger charge is -2.29. The maximum absolute atomic E-state index is 13.1. The minimum Gasteiger partial charge on any atom is -0.448 e. The highest BCUT2D eigenvalue weighted by atomic mass is 16.7. The van der Waals surface area contributed by atoms with Gasteiger partial charge in [-0.3, -0.25) is 9.59 Å². The maximum atomic E-state index is 13.1. The van der Waals surface area contributed by atoms with Gasteiger partial charge in [0.2, 0.25) is 0 Å². The molecule has 0 aromatic heterocycles. The third-order valence-electron chi connectivity index (χ3n) is 7.98. The van der Waals surface area contributed by atoms with E-state index in [1.165, 1.54) is 23.3 Å². The highest BCUT2D eigenvalue weighted by Gasteiger charge is 2.39. The molecule has 8 heteroatoms. The summed E-state index contributed by atoms with van der Waals surface area (Å²) in [5.41, 5.74) is 7.06. The van der Waals surface area contributed by atoms with Crippen LogP contribution in [-0.2, 0) is 22.5 Å². The van der Waals surface area contributed by atoms with Crippen LogP contribution in [0.4, 0.5) is 4.79 Å². The first kappa shape index (κ1) is 24.8. The molecule has 7 rings (SSSR count). The summed E-state index contributed by atoms with van der Waals surface area (Å²) < 4.78 is 5.82. The molecule has 4 aromatic carbocycles. The highest BCUT2D eigenvalue weighted by Crippen LogP contribution is 2.44. The Morgan fingerprint density at radius 2 is 1.32 bits per heavy atom. The smallest absolute Gasteiger partial charge is 0.410 e. The van der Waals surface area contributed by atoms with E-state index in [2.05, 4.69) is 24.3 Å². The van der Waals surface area contributed by atoms with Gasteiger partial charge in [0.1, 0.15) is 6.61 Å². The molecular weight excluding hydrogens is 520 g/mol. The Hall–Kier alpha value is -5.24. The molecule has 2 heterocycles. The van der Waals surface area contributed by atoms with Gasteiger partial charge in [0.05, 0.1) is 16.7 Å². The predicted molar refractivity (Wildman–Crippen MR) is 148 cm³/mol. The lowest BCUT2D eigenvalue weighted by molar-refractivity contribution is -0.0584. The van der Waals surface area contributed by atoms with Crippen molar-refractivity contribution in [2.75, 3.05) is 13.2 Å². The Balaban J connectivity index is 1.00. The van der Waals surface area contributed by atoms with Gasteiger partial charge < -0.3 is 14.5 Å². The van der Waals surface area contributed by atoms with Crippen molar-refractivity contribution < 1.29 is 28.8 Å². The first-order valence-electron chi connectivity index (χ1n) is 13.4. The second-order valence-electron chi connectivity index (χ2n) is 10.3. The zero-order valence-corrected chi connectivity index (χ0v) is 21.9. The van der Waals surface area contributed by atoms with Crippen LogP contribution in [0.15, 0.2) is 91.0 Å². The molecule has 0 radical (unpaired) electrons. The number of hydrogen-bond acceptors (Lipinski definition) is 6. The Morgan fingerprint density at radius 3 is 1.95 bits per heavy atom. The fourth-order valence-corrected chi connectivity index (χ4v) is 5.91. The zero-order chi connectivity index (χ0) is 28.1. The van der Waals surface area contributed by atoms with Gasteiger partial charge in [0.25, 0.3) is 11.8 Å². The minimum absolute atomic E-state index is 0.0147. The number of nitrogens with zero attached hydrogens (tertiary/aromatic N) is 2. The number of carbonyl (C=O) groups is 4. The van der Waals surface area contributed by atoms with Crippen molar-refractivity contribution in [2.24, 2.45) is 0 Å². The Kier molecular flexibility index (Phi) is 5.89. The van der Waals surface area contributed by atoms with Crippen LogP contribution in [0.2, 0.25) is 0 Å². The van der Waals surface area contributed by atoms with E-state index in [0.29, 0.717) is 24.6 Å². The first-order valence-corrected chi connectivity index (χ1v) is 13.4. The molecule has 1 aliphatic carbocycles. The number of hydroxylamine groups is 2. The zero-order valence-electron chi connectivity index (χ0n) is 21.9. The van der Waals surface area contributed by atoms with Gasteiger partial charge in [-0.05, 0) is 64.1 Å². The van der Waals surface area contributed by atoms with E-state index in [9.17, 15) is 19.2 Å². The molecule has 0 unspecified atom stereocenters. The molecule has 4 aromatic rings. The van der Waals surface area contributed by atoms with Gasteiger partial charge in [0, 0.05) is 19.0 Å². The van der Waals surface area contributed by atoms with Crippen molar-refractivity contribution in [3.05, 3.63) is 130 Å². The summed E-state index contributed by atoms with van der Waals surface area (Å²) in [6.07, 6.45) is 0.139. The Bertz CT molecular complexity index is 1680. The van der Waals surface area contributed by atoms with Crippen LogP contribution in [0.1, 0.15) is 59.2 Å². The van der Waals surface area contributed by atoms with Gasteiger partial charge in [-0.1, -0.05) is 71.8 Å². The largest absolute Gasteiger partial charge is 0.448 e. The van der Waals surface area contributed by atoms with Crippen molar-refractivity contribution in [1.82, 2.24) is 9.96 Å². The molecule has 0 fully saturated rings. The normalized spacial score (nSPS) is 15.2. The van der Waals surface area contributed by atoms with Crippen molar-refractivity contribution >= 4 is 23.9 Å². The monoisotopic (exact) mass is 544 g/mol. The number of benzene rings is 4. The van der Waals surface area contributed by atoms with Crippen LogP contribution >= 0.6 is 0 Å². The number of hydrogen-bond donors (Lipinski definition) is 0. The van der Waals surface area contributed by atoms with Crippen LogP contribution in [-0.4, -0.2) is 47.0 Å². The molecule has 0 saturated heterocycles. The molecule has 202 valence electrons. The van der Waals surface area contributed by atoms with Crippen LogP contribution in [0, 0.1) is 0 Å². The van der Waals surface area contributed by atoms with Gasteiger partial charge in [-0.2, -0.15) is 0 Å². The summed E-state index contributed by atoms with van der Waals surface area (Å²) in [6.45, 7) is 1.03. The fourth-order valence-electron chi connectivity index (χ4n) is 5.91. The van der Waals surface area contributed by atoms with E-state index in [1.807, 2.05) is 24.3 Å². The summed E-state index contributed by atoms with van der Waals surface area (Å²) in [7, 11) is 0. The molecule has 3 amide bonds. The van der Waals surface area contributed by atoms with E-state index in [1.54, 1.807) is 35.2 Å². The number of carbonyl (C=O) groups excluding carboxylic acids is 4. The summed E-state index contributed by atoms with van der Waals surface area (Å²) in [5.74, 6) is -2.16. The molecule has 0 N–H and O–H groups in total. The number of imide groups is 1. The lowest BCUT2D eigenvalue weighted by atomic mass is 9.97. The molecule has 0 atom stereocenters. The molecule has 8 nitrogen and oxygen atoms in total.